The summed E-state index contributed by atoms with van der Waals surface area (Å²) >= 11 is 5.86. The zero-order valence-electron chi connectivity index (χ0n) is 14.5. The Labute approximate surface area is 157 Å². The van der Waals surface area contributed by atoms with Crippen LogP contribution >= 0.6 is 11.6 Å². The first kappa shape index (κ1) is 17.9. The molecule has 6 heteroatoms. The number of nitrogens with zero attached hydrogens (tertiary/aromatic N) is 2. The SMILES string of the molecule is CC(C)c1ccccc1Nc1nccc(C(=O)Nc2ccc(Cl)cc2)n1. The van der Waals surface area contributed by atoms with Gasteiger partial charge in [0, 0.05) is 22.6 Å². The highest BCUT2D eigenvalue weighted by Gasteiger charge is 2.11. The molecule has 0 bridgehead atoms. The van der Waals surface area contributed by atoms with Crippen molar-refractivity contribution in [1.82, 2.24) is 9.97 Å². The summed E-state index contributed by atoms with van der Waals surface area (Å²) in [7, 11) is 0. The molecule has 0 unspecified atom stereocenters. The van der Waals surface area contributed by atoms with Crippen molar-refractivity contribution in [2.24, 2.45) is 0 Å². The van der Waals surface area contributed by atoms with Crippen LogP contribution in [0.4, 0.5) is 17.3 Å². The van der Waals surface area contributed by atoms with Crippen LogP contribution < -0.4 is 10.6 Å². The molecule has 2 N–H and O–H groups in total. The van der Waals surface area contributed by atoms with Crippen molar-refractivity contribution in [2.75, 3.05) is 10.6 Å². The minimum absolute atomic E-state index is 0.277. The van der Waals surface area contributed by atoms with E-state index in [9.17, 15) is 4.79 Å². The summed E-state index contributed by atoms with van der Waals surface area (Å²) in [5, 5.41) is 6.60. The third-order valence-corrected chi connectivity index (χ3v) is 4.07. The first-order valence-corrected chi connectivity index (χ1v) is 8.66. The van der Waals surface area contributed by atoms with Gasteiger partial charge in [-0.2, -0.15) is 0 Å². The maximum atomic E-state index is 12.4. The van der Waals surface area contributed by atoms with Crippen LogP contribution in [-0.4, -0.2) is 15.9 Å². The van der Waals surface area contributed by atoms with Crippen LogP contribution in [0, 0.1) is 0 Å². The van der Waals surface area contributed by atoms with Gasteiger partial charge in [0.1, 0.15) is 5.69 Å². The van der Waals surface area contributed by atoms with Crippen LogP contribution in [0.15, 0.2) is 60.8 Å². The Balaban J connectivity index is 1.78. The maximum Gasteiger partial charge on any atom is 0.274 e. The van der Waals surface area contributed by atoms with Gasteiger partial charge in [0.2, 0.25) is 5.95 Å². The molecular weight excluding hydrogens is 348 g/mol. The number of carbonyl (C=O) groups is 1. The van der Waals surface area contributed by atoms with Crippen molar-refractivity contribution >= 4 is 34.8 Å². The lowest BCUT2D eigenvalue weighted by atomic mass is 10.0. The predicted molar refractivity (Wildman–Crippen MR) is 105 cm³/mol. The molecule has 132 valence electrons. The number of halogens is 1. The van der Waals surface area contributed by atoms with E-state index in [0.717, 1.165) is 11.3 Å². The Morgan fingerprint density at radius 3 is 2.50 bits per heavy atom. The molecule has 3 aromatic rings. The minimum atomic E-state index is -0.310. The first-order valence-electron chi connectivity index (χ1n) is 8.29. The van der Waals surface area contributed by atoms with E-state index in [0.29, 0.717) is 22.6 Å². The largest absolute Gasteiger partial charge is 0.324 e. The van der Waals surface area contributed by atoms with Crippen LogP contribution in [0.3, 0.4) is 0 Å². The Kier molecular flexibility index (Phi) is 5.49. The molecule has 5 nitrogen and oxygen atoms in total. The van der Waals surface area contributed by atoms with Crippen LogP contribution in [0.5, 0.6) is 0 Å². The summed E-state index contributed by atoms with van der Waals surface area (Å²) in [6, 6.07) is 16.5. The normalized spacial score (nSPS) is 10.6. The fourth-order valence-electron chi connectivity index (χ4n) is 2.51. The molecule has 1 aromatic heterocycles. The van der Waals surface area contributed by atoms with E-state index in [1.807, 2.05) is 18.2 Å². The van der Waals surface area contributed by atoms with Crippen LogP contribution in [-0.2, 0) is 0 Å². The van der Waals surface area contributed by atoms with Crippen LogP contribution in [0.2, 0.25) is 5.02 Å². The van der Waals surface area contributed by atoms with Crippen molar-refractivity contribution in [3.05, 3.63) is 77.1 Å². The van der Waals surface area contributed by atoms with Gasteiger partial charge in [0.25, 0.3) is 5.91 Å². The van der Waals surface area contributed by atoms with Gasteiger partial charge in [0.15, 0.2) is 0 Å². The van der Waals surface area contributed by atoms with E-state index >= 15 is 0 Å². The summed E-state index contributed by atoms with van der Waals surface area (Å²) in [6.07, 6.45) is 1.56. The van der Waals surface area contributed by atoms with Gasteiger partial charge in [-0.1, -0.05) is 43.6 Å². The molecule has 2 aromatic carbocycles. The maximum absolute atomic E-state index is 12.4. The summed E-state index contributed by atoms with van der Waals surface area (Å²) in [6.45, 7) is 4.24. The average Bonchev–Trinajstić information content (AvgIpc) is 2.64. The Hall–Kier alpha value is -2.92. The number of nitrogens with one attached hydrogen (secondary N) is 2. The van der Waals surface area contributed by atoms with E-state index in [2.05, 4.69) is 40.5 Å². The lowest BCUT2D eigenvalue weighted by Gasteiger charge is -2.13. The summed E-state index contributed by atoms with van der Waals surface area (Å²) < 4.78 is 0. The second kappa shape index (κ2) is 7.97. The molecule has 0 atom stereocenters. The predicted octanol–water partition coefficient (Wildman–Crippen LogP) is 5.25. The number of carbonyl (C=O) groups excluding carboxylic acids is 1. The lowest BCUT2D eigenvalue weighted by molar-refractivity contribution is 0.102. The van der Waals surface area contributed by atoms with Gasteiger partial charge < -0.3 is 10.6 Å². The van der Waals surface area contributed by atoms with E-state index in [-0.39, 0.29) is 11.6 Å². The fourth-order valence-corrected chi connectivity index (χ4v) is 2.63. The Morgan fingerprint density at radius 1 is 1.04 bits per heavy atom. The van der Waals surface area contributed by atoms with Gasteiger partial charge in [-0.25, -0.2) is 9.97 Å². The first-order chi connectivity index (χ1) is 12.5. The smallest absolute Gasteiger partial charge is 0.274 e. The lowest BCUT2D eigenvalue weighted by Crippen LogP contribution is -2.14. The molecule has 3 rings (SSSR count). The molecule has 0 saturated heterocycles. The molecule has 0 aliphatic carbocycles. The number of benzene rings is 2. The molecule has 0 radical (unpaired) electrons. The van der Waals surface area contributed by atoms with Crippen molar-refractivity contribution < 1.29 is 4.79 Å². The highest BCUT2D eigenvalue weighted by Crippen LogP contribution is 2.25. The zero-order valence-corrected chi connectivity index (χ0v) is 15.3. The van der Waals surface area contributed by atoms with Crippen molar-refractivity contribution in [2.45, 2.75) is 19.8 Å². The summed E-state index contributed by atoms with van der Waals surface area (Å²) in [5.41, 5.74) is 3.02. The number of rotatable bonds is 5. The van der Waals surface area contributed by atoms with Gasteiger partial charge in [-0.3, -0.25) is 4.79 Å². The number of hydrogen-bond acceptors (Lipinski definition) is 4. The molecule has 26 heavy (non-hydrogen) atoms. The van der Waals surface area contributed by atoms with Crippen LogP contribution in [0.25, 0.3) is 0 Å². The number of para-hydroxylation sites is 1. The molecule has 1 heterocycles. The Morgan fingerprint density at radius 2 is 1.77 bits per heavy atom. The number of anilines is 3. The van der Waals surface area contributed by atoms with E-state index in [1.54, 1.807) is 36.5 Å². The van der Waals surface area contributed by atoms with Crippen molar-refractivity contribution in [3.8, 4) is 0 Å². The topological polar surface area (TPSA) is 66.9 Å². The molecule has 0 saturated carbocycles. The Bertz CT molecular complexity index is 910. The third-order valence-electron chi connectivity index (χ3n) is 3.82. The second-order valence-corrected chi connectivity index (χ2v) is 6.53. The summed E-state index contributed by atoms with van der Waals surface area (Å²) in [5.74, 6) is 0.423. The quantitative estimate of drug-likeness (QED) is 0.647. The summed E-state index contributed by atoms with van der Waals surface area (Å²) in [4.78, 5) is 21.0. The van der Waals surface area contributed by atoms with E-state index < -0.39 is 0 Å². The highest BCUT2D eigenvalue weighted by atomic mass is 35.5. The highest BCUT2D eigenvalue weighted by molar-refractivity contribution is 6.30. The molecule has 1 amide bonds. The molecule has 0 spiro atoms. The van der Waals surface area contributed by atoms with Gasteiger partial charge in [-0.05, 0) is 47.9 Å². The fraction of sp³-hybridized carbons (Fsp3) is 0.150. The van der Waals surface area contributed by atoms with Gasteiger partial charge in [-0.15, -0.1) is 0 Å². The molecule has 0 fully saturated rings. The molecular formula is C20H19ClN4O. The standard InChI is InChI=1S/C20H19ClN4O/c1-13(2)16-5-3-4-6-17(16)24-20-22-12-11-18(25-20)19(26)23-15-9-7-14(21)8-10-15/h3-13H,1-2H3,(H,23,26)(H,22,24,25). The van der Waals surface area contributed by atoms with Gasteiger partial charge in [0.05, 0.1) is 0 Å². The number of amides is 1. The number of hydrogen-bond donors (Lipinski definition) is 2. The average molecular weight is 367 g/mol. The zero-order chi connectivity index (χ0) is 18.5. The van der Waals surface area contributed by atoms with Crippen molar-refractivity contribution in [1.29, 1.82) is 0 Å². The molecule has 0 aliphatic rings. The van der Waals surface area contributed by atoms with Gasteiger partial charge >= 0.3 is 0 Å². The molecule has 0 aliphatic heterocycles. The van der Waals surface area contributed by atoms with Crippen LogP contribution in [0.1, 0.15) is 35.8 Å². The minimum Gasteiger partial charge on any atom is -0.324 e. The number of aromatic nitrogens is 2. The monoisotopic (exact) mass is 366 g/mol. The van der Waals surface area contributed by atoms with E-state index in [4.69, 9.17) is 11.6 Å². The third kappa shape index (κ3) is 4.37. The second-order valence-electron chi connectivity index (χ2n) is 6.09. The van der Waals surface area contributed by atoms with Crippen molar-refractivity contribution in [3.63, 3.8) is 0 Å². The van der Waals surface area contributed by atoms with E-state index in [1.165, 1.54) is 0 Å².